The van der Waals surface area contributed by atoms with Gasteiger partial charge in [-0.1, -0.05) is 66.7 Å². The monoisotopic (exact) mass is 541 g/mol. The quantitative estimate of drug-likeness (QED) is 0.192. The Bertz CT molecular complexity index is 1470. The minimum Gasteiger partial charge on any atom is -0.468 e. The number of rotatable bonds is 13. The van der Waals surface area contributed by atoms with E-state index < -0.39 is 6.10 Å². The van der Waals surface area contributed by atoms with Gasteiger partial charge in [0.15, 0.2) is 0 Å². The predicted molar refractivity (Wildman–Crippen MR) is 150 cm³/mol. The molecule has 0 fully saturated rings. The number of ether oxygens (including phenoxy) is 2. The lowest BCUT2D eigenvalue weighted by Gasteiger charge is -2.25. The number of furan rings is 1. The average molecular weight is 542 g/mol. The van der Waals surface area contributed by atoms with Gasteiger partial charge in [0.2, 0.25) is 5.88 Å². The van der Waals surface area contributed by atoms with Crippen LogP contribution in [0.1, 0.15) is 16.9 Å². The highest BCUT2D eigenvalue weighted by Crippen LogP contribution is 2.34. The van der Waals surface area contributed by atoms with Gasteiger partial charge in [-0.2, -0.15) is 5.10 Å². The Morgan fingerprint density at radius 3 is 2.45 bits per heavy atom. The van der Waals surface area contributed by atoms with Crippen molar-refractivity contribution in [1.29, 1.82) is 0 Å². The molecule has 8 heteroatoms. The predicted octanol–water partition coefficient (Wildman–Crippen LogP) is 6.19. The lowest BCUT2D eigenvalue weighted by molar-refractivity contribution is 0.00606. The lowest BCUT2D eigenvalue weighted by Crippen LogP contribution is -2.34. The molecule has 40 heavy (non-hydrogen) atoms. The van der Waals surface area contributed by atoms with Crippen molar-refractivity contribution in [2.45, 2.75) is 25.8 Å². The highest BCUT2D eigenvalue weighted by molar-refractivity contribution is 5.65. The third-order valence-corrected chi connectivity index (χ3v) is 6.38. The van der Waals surface area contributed by atoms with E-state index in [1.807, 2.05) is 72.8 Å². The molecule has 0 aliphatic carbocycles. The molecule has 0 saturated carbocycles. The van der Waals surface area contributed by atoms with Crippen LogP contribution in [0.5, 0.6) is 11.6 Å². The molecule has 1 unspecified atom stereocenters. The zero-order valence-electron chi connectivity index (χ0n) is 22.3. The van der Waals surface area contributed by atoms with E-state index in [-0.39, 0.29) is 12.4 Å². The maximum Gasteiger partial charge on any atom is 0.222 e. The number of aliphatic hydroxyl groups is 1. The number of aliphatic hydroxyl groups excluding tert-OH is 1. The molecule has 0 radical (unpaired) electrons. The molecular formula is C32H32FN3O4. The fourth-order valence-electron chi connectivity index (χ4n) is 4.56. The molecule has 2 aromatic heterocycles. The normalized spacial score (nSPS) is 12.1. The van der Waals surface area contributed by atoms with Gasteiger partial charge < -0.3 is 19.0 Å². The van der Waals surface area contributed by atoms with E-state index in [1.54, 1.807) is 30.1 Å². The molecule has 0 amide bonds. The first-order chi connectivity index (χ1) is 19.5. The van der Waals surface area contributed by atoms with E-state index in [2.05, 4.69) is 4.90 Å². The summed E-state index contributed by atoms with van der Waals surface area (Å²) in [5.41, 5.74) is 3.52. The van der Waals surface area contributed by atoms with Crippen molar-refractivity contribution in [2.24, 2.45) is 7.05 Å². The molecule has 1 N–H and O–H groups in total. The fourth-order valence-corrected chi connectivity index (χ4v) is 4.56. The summed E-state index contributed by atoms with van der Waals surface area (Å²) >= 11 is 0. The molecule has 7 nitrogen and oxygen atoms in total. The van der Waals surface area contributed by atoms with Gasteiger partial charge in [0.25, 0.3) is 0 Å². The lowest BCUT2D eigenvalue weighted by atomic mass is 10.1. The zero-order chi connectivity index (χ0) is 27.7. The third-order valence-electron chi connectivity index (χ3n) is 6.38. The van der Waals surface area contributed by atoms with Crippen molar-refractivity contribution in [1.82, 2.24) is 14.7 Å². The highest BCUT2D eigenvalue weighted by Gasteiger charge is 2.24. The zero-order valence-corrected chi connectivity index (χ0v) is 22.3. The van der Waals surface area contributed by atoms with E-state index in [0.717, 1.165) is 28.1 Å². The van der Waals surface area contributed by atoms with E-state index in [9.17, 15) is 9.50 Å². The Morgan fingerprint density at radius 2 is 1.73 bits per heavy atom. The first-order valence-electron chi connectivity index (χ1n) is 13.1. The molecule has 0 bridgehead atoms. The molecule has 0 aliphatic rings. The van der Waals surface area contributed by atoms with Crippen LogP contribution in [-0.4, -0.2) is 39.0 Å². The standard InChI is InChI=1S/C32H32FN3O4/c1-35-32(40-28-15-8-14-26(33)18-28)30(31(34-35)25-12-6-3-7-13-25)21-36(20-29-16-9-17-39-29)19-27(37)23-38-22-24-10-4-2-5-11-24/h2-18,27,37H,19-23H2,1H3. The van der Waals surface area contributed by atoms with Crippen molar-refractivity contribution in [2.75, 3.05) is 13.2 Å². The van der Waals surface area contributed by atoms with E-state index in [4.69, 9.17) is 19.0 Å². The van der Waals surface area contributed by atoms with Crippen LogP contribution in [-0.2, 0) is 31.5 Å². The van der Waals surface area contributed by atoms with Gasteiger partial charge in [0.05, 0.1) is 37.7 Å². The Morgan fingerprint density at radius 1 is 0.950 bits per heavy atom. The van der Waals surface area contributed by atoms with E-state index >= 15 is 0 Å². The number of hydrogen-bond acceptors (Lipinski definition) is 6. The van der Waals surface area contributed by atoms with Crippen LogP contribution >= 0.6 is 0 Å². The minimum atomic E-state index is -0.747. The number of benzene rings is 3. The summed E-state index contributed by atoms with van der Waals surface area (Å²) in [6.07, 6.45) is 0.883. The smallest absolute Gasteiger partial charge is 0.222 e. The van der Waals surface area contributed by atoms with Crippen molar-refractivity contribution >= 4 is 0 Å². The Balaban J connectivity index is 1.40. The first-order valence-corrected chi connectivity index (χ1v) is 13.1. The second-order valence-electron chi connectivity index (χ2n) is 9.58. The second-order valence-corrected chi connectivity index (χ2v) is 9.58. The van der Waals surface area contributed by atoms with Gasteiger partial charge in [-0.05, 0) is 29.8 Å². The van der Waals surface area contributed by atoms with Crippen molar-refractivity contribution in [3.8, 4) is 22.9 Å². The van der Waals surface area contributed by atoms with E-state index in [1.165, 1.54) is 12.1 Å². The van der Waals surface area contributed by atoms with Gasteiger partial charge in [-0.25, -0.2) is 9.07 Å². The van der Waals surface area contributed by atoms with Crippen LogP contribution in [0.2, 0.25) is 0 Å². The Kier molecular flexibility index (Phi) is 9.03. The van der Waals surface area contributed by atoms with Crippen LogP contribution < -0.4 is 4.74 Å². The average Bonchev–Trinajstić information content (AvgIpc) is 3.58. The molecular weight excluding hydrogens is 509 g/mol. The summed E-state index contributed by atoms with van der Waals surface area (Å²) < 4.78 is 33.3. The van der Waals surface area contributed by atoms with Gasteiger partial charge in [-0.3, -0.25) is 4.90 Å². The molecule has 0 aliphatic heterocycles. The van der Waals surface area contributed by atoms with Crippen LogP contribution in [0.3, 0.4) is 0 Å². The van der Waals surface area contributed by atoms with Crippen LogP contribution in [0.15, 0.2) is 108 Å². The molecule has 0 spiro atoms. The molecule has 5 rings (SSSR count). The van der Waals surface area contributed by atoms with Crippen LogP contribution in [0.4, 0.5) is 4.39 Å². The Labute approximate surface area is 233 Å². The molecule has 1 atom stereocenters. The van der Waals surface area contributed by atoms with Gasteiger partial charge in [0.1, 0.15) is 23.0 Å². The molecule has 2 heterocycles. The van der Waals surface area contributed by atoms with Gasteiger partial charge in [0, 0.05) is 31.8 Å². The molecule has 0 saturated heterocycles. The first kappa shape index (κ1) is 27.3. The maximum atomic E-state index is 14.0. The number of halogens is 1. The summed E-state index contributed by atoms with van der Waals surface area (Å²) in [5, 5.41) is 15.7. The van der Waals surface area contributed by atoms with Gasteiger partial charge >= 0.3 is 0 Å². The summed E-state index contributed by atoms with van der Waals surface area (Å²) in [7, 11) is 1.80. The summed E-state index contributed by atoms with van der Waals surface area (Å²) in [6.45, 7) is 1.75. The third kappa shape index (κ3) is 7.24. The maximum absolute atomic E-state index is 14.0. The number of aromatic nitrogens is 2. The van der Waals surface area contributed by atoms with Crippen molar-refractivity contribution in [3.05, 3.63) is 126 Å². The summed E-state index contributed by atoms with van der Waals surface area (Å²) in [5.74, 6) is 1.23. The molecule has 206 valence electrons. The topological polar surface area (TPSA) is 72.9 Å². The minimum absolute atomic E-state index is 0.175. The number of nitrogens with zero attached hydrogens (tertiary/aromatic N) is 3. The van der Waals surface area contributed by atoms with Crippen molar-refractivity contribution < 1.29 is 23.4 Å². The van der Waals surface area contributed by atoms with Crippen molar-refractivity contribution in [3.63, 3.8) is 0 Å². The van der Waals surface area contributed by atoms with Crippen LogP contribution in [0, 0.1) is 5.82 Å². The second kappa shape index (κ2) is 13.2. The molecule has 5 aromatic rings. The summed E-state index contributed by atoms with van der Waals surface area (Å²) in [4.78, 5) is 2.07. The largest absolute Gasteiger partial charge is 0.468 e. The highest BCUT2D eigenvalue weighted by atomic mass is 19.1. The number of aryl methyl sites for hydroxylation is 1. The summed E-state index contributed by atoms with van der Waals surface area (Å²) in [6, 6.07) is 29.4. The van der Waals surface area contributed by atoms with Crippen LogP contribution in [0.25, 0.3) is 11.3 Å². The van der Waals surface area contributed by atoms with E-state index in [0.29, 0.717) is 37.9 Å². The number of hydrogen-bond donors (Lipinski definition) is 1. The SMILES string of the molecule is Cn1nc(-c2ccccc2)c(CN(Cc2ccco2)CC(O)COCc2ccccc2)c1Oc1cccc(F)c1. The fraction of sp³-hybridized carbons (Fsp3) is 0.219. The Hall–Kier alpha value is -4.24. The molecule has 3 aromatic carbocycles. The van der Waals surface area contributed by atoms with Gasteiger partial charge in [-0.15, -0.1) is 0 Å².